The summed E-state index contributed by atoms with van der Waals surface area (Å²) >= 11 is 5.31. The summed E-state index contributed by atoms with van der Waals surface area (Å²) in [4.78, 5) is 2.78. The number of nitrogens with one attached hydrogen (secondary N) is 1. The molecule has 0 saturated heterocycles. The van der Waals surface area contributed by atoms with Crippen LogP contribution in [0, 0.1) is 13.8 Å². The Hall–Kier alpha value is -0.800. The van der Waals surface area contributed by atoms with Crippen molar-refractivity contribution >= 4 is 33.0 Å². The zero-order valence-corrected chi connectivity index (χ0v) is 12.7. The molecule has 1 atom stereocenters. The van der Waals surface area contributed by atoms with Gasteiger partial charge in [-0.25, -0.2) is 0 Å². The second kappa shape index (κ2) is 5.23. The fourth-order valence-electron chi connectivity index (χ4n) is 1.95. The summed E-state index contributed by atoms with van der Waals surface area (Å²) < 4.78 is 1.11. The van der Waals surface area contributed by atoms with Crippen molar-refractivity contribution in [2.24, 2.45) is 0 Å². The molecule has 0 fully saturated rings. The summed E-state index contributed by atoms with van der Waals surface area (Å²) in [5, 5.41) is 3.53. The van der Waals surface area contributed by atoms with Crippen molar-refractivity contribution in [2.45, 2.75) is 26.8 Å². The van der Waals surface area contributed by atoms with E-state index in [1.165, 1.54) is 15.3 Å². The van der Waals surface area contributed by atoms with Crippen molar-refractivity contribution in [3.63, 3.8) is 0 Å². The number of anilines is 1. The maximum absolute atomic E-state index is 3.53. The topological polar surface area (TPSA) is 12.0 Å². The Labute approximate surface area is 115 Å². The molecule has 90 valence electrons. The summed E-state index contributed by atoms with van der Waals surface area (Å²) in [6.07, 6.45) is 0. The number of aryl methyl sites for hydroxylation is 2. The van der Waals surface area contributed by atoms with Crippen LogP contribution in [0.3, 0.4) is 0 Å². The molecule has 0 aliphatic heterocycles. The first-order valence-electron chi connectivity index (χ1n) is 5.65. The smallest absolute Gasteiger partial charge is 0.0496 e. The molecule has 2 aromatic rings. The van der Waals surface area contributed by atoms with Gasteiger partial charge in [0.1, 0.15) is 0 Å². The highest BCUT2D eigenvalue weighted by molar-refractivity contribution is 9.10. The molecule has 0 amide bonds. The molecule has 1 nitrogen and oxygen atoms in total. The highest BCUT2D eigenvalue weighted by Crippen LogP contribution is 2.28. The Kier molecular flexibility index (Phi) is 3.89. The average Bonchev–Trinajstić information content (AvgIpc) is 2.61. The van der Waals surface area contributed by atoms with Gasteiger partial charge < -0.3 is 5.32 Å². The minimum absolute atomic E-state index is 0.348. The van der Waals surface area contributed by atoms with Gasteiger partial charge in [0.25, 0.3) is 0 Å². The molecule has 0 aliphatic rings. The fourth-order valence-corrected chi connectivity index (χ4v) is 3.24. The van der Waals surface area contributed by atoms with Crippen molar-refractivity contribution in [3.05, 3.63) is 50.1 Å². The lowest BCUT2D eigenvalue weighted by atomic mass is 10.1. The van der Waals surface area contributed by atoms with Gasteiger partial charge in [0, 0.05) is 26.0 Å². The van der Waals surface area contributed by atoms with Gasteiger partial charge in [-0.05, 0) is 56.7 Å². The molecule has 1 heterocycles. The standard InChI is InChI=1S/C14H16BrNS/c1-9-8-14(11(3)17-9)10(2)16-13-6-4-12(15)5-7-13/h4-8,10,16H,1-3H3. The Morgan fingerprint density at radius 2 is 1.82 bits per heavy atom. The van der Waals surface area contributed by atoms with Crippen molar-refractivity contribution in [3.8, 4) is 0 Å². The number of halogens is 1. The molecule has 0 saturated carbocycles. The van der Waals surface area contributed by atoms with Crippen molar-refractivity contribution in [2.75, 3.05) is 5.32 Å². The van der Waals surface area contributed by atoms with Crippen LogP contribution >= 0.6 is 27.3 Å². The molecule has 2 rings (SSSR count). The molecular weight excluding hydrogens is 294 g/mol. The molecule has 17 heavy (non-hydrogen) atoms. The summed E-state index contributed by atoms with van der Waals surface area (Å²) in [5.74, 6) is 0. The van der Waals surface area contributed by atoms with Crippen LogP contribution in [-0.4, -0.2) is 0 Å². The molecule has 0 radical (unpaired) electrons. The maximum atomic E-state index is 3.53. The maximum Gasteiger partial charge on any atom is 0.0496 e. The molecule has 1 N–H and O–H groups in total. The first-order valence-corrected chi connectivity index (χ1v) is 7.26. The van der Waals surface area contributed by atoms with E-state index in [2.05, 4.69) is 72.3 Å². The van der Waals surface area contributed by atoms with Gasteiger partial charge in [0.05, 0.1) is 0 Å². The molecule has 0 spiro atoms. The van der Waals surface area contributed by atoms with Crippen LogP contribution < -0.4 is 5.32 Å². The van der Waals surface area contributed by atoms with Gasteiger partial charge in [-0.1, -0.05) is 15.9 Å². The van der Waals surface area contributed by atoms with E-state index in [1.54, 1.807) is 0 Å². The number of benzene rings is 1. The molecule has 1 aromatic heterocycles. The molecule has 3 heteroatoms. The summed E-state index contributed by atoms with van der Waals surface area (Å²) in [6.45, 7) is 6.55. The third-order valence-corrected chi connectivity index (χ3v) is 4.28. The second-order valence-electron chi connectivity index (χ2n) is 4.24. The summed E-state index contributed by atoms with van der Waals surface area (Å²) in [7, 11) is 0. The molecular formula is C14H16BrNS. The van der Waals surface area contributed by atoms with Gasteiger partial charge in [0.15, 0.2) is 0 Å². The van der Waals surface area contributed by atoms with E-state index in [4.69, 9.17) is 0 Å². The van der Waals surface area contributed by atoms with Crippen LogP contribution in [0.1, 0.15) is 28.3 Å². The Bertz CT molecular complexity index is 501. The normalized spacial score (nSPS) is 12.5. The predicted molar refractivity (Wildman–Crippen MR) is 80.0 cm³/mol. The molecule has 0 bridgehead atoms. The van der Waals surface area contributed by atoms with E-state index in [-0.39, 0.29) is 0 Å². The third kappa shape index (κ3) is 3.11. The minimum Gasteiger partial charge on any atom is -0.378 e. The van der Waals surface area contributed by atoms with Crippen LogP contribution in [0.4, 0.5) is 5.69 Å². The number of hydrogen-bond acceptors (Lipinski definition) is 2. The Balaban J connectivity index is 2.14. The van der Waals surface area contributed by atoms with E-state index in [0.29, 0.717) is 6.04 Å². The molecule has 1 unspecified atom stereocenters. The van der Waals surface area contributed by atoms with E-state index < -0.39 is 0 Å². The monoisotopic (exact) mass is 309 g/mol. The van der Waals surface area contributed by atoms with E-state index >= 15 is 0 Å². The summed E-state index contributed by atoms with van der Waals surface area (Å²) in [5.41, 5.74) is 2.55. The van der Waals surface area contributed by atoms with Gasteiger partial charge >= 0.3 is 0 Å². The summed E-state index contributed by atoms with van der Waals surface area (Å²) in [6, 6.07) is 10.9. The average molecular weight is 310 g/mol. The fraction of sp³-hybridized carbons (Fsp3) is 0.286. The first kappa shape index (κ1) is 12.7. The SMILES string of the molecule is Cc1cc(C(C)Nc2ccc(Br)cc2)c(C)s1. The van der Waals surface area contributed by atoms with Gasteiger partial charge in [0.2, 0.25) is 0 Å². The van der Waals surface area contributed by atoms with E-state index in [1.807, 2.05) is 11.3 Å². The Morgan fingerprint density at radius 3 is 2.35 bits per heavy atom. The lowest BCUT2D eigenvalue weighted by Gasteiger charge is -2.15. The lowest BCUT2D eigenvalue weighted by Crippen LogP contribution is -2.06. The number of hydrogen-bond donors (Lipinski definition) is 1. The minimum atomic E-state index is 0.348. The molecule has 0 aliphatic carbocycles. The molecule has 1 aromatic carbocycles. The zero-order chi connectivity index (χ0) is 12.4. The first-order chi connectivity index (χ1) is 8.06. The van der Waals surface area contributed by atoms with Crippen molar-refractivity contribution in [1.82, 2.24) is 0 Å². The van der Waals surface area contributed by atoms with Crippen LogP contribution in [0.15, 0.2) is 34.8 Å². The lowest BCUT2D eigenvalue weighted by molar-refractivity contribution is 0.882. The highest BCUT2D eigenvalue weighted by Gasteiger charge is 2.10. The van der Waals surface area contributed by atoms with Crippen LogP contribution in [-0.2, 0) is 0 Å². The predicted octanol–water partition coefficient (Wildman–Crippen LogP) is 5.30. The quantitative estimate of drug-likeness (QED) is 0.811. The number of rotatable bonds is 3. The van der Waals surface area contributed by atoms with Gasteiger partial charge in [-0.3, -0.25) is 0 Å². The van der Waals surface area contributed by atoms with Crippen LogP contribution in [0.25, 0.3) is 0 Å². The van der Waals surface area contributed by atoms with Gasteiger partial charge in [-0.15, -0.1) is 11.3 Å². The second-order valence-corrected chi connectivity index (χ2v) is 6.62. The van der Waals surface area contributed by atoms with Crippen molar-refractivity contribution < 1.29 is 0 Å². The van der Waals surface area contributed by atoms with Crippen LogP contribution in [0.2, 0.25) is 0 Å². The van der Waals surface area contributed by atoms with Crippen LogP contribution in [0.5, 0.6) is 0 Å². The van der Waals surface area contributed by atoms with E-state index in [0.717, 1.165) is 10.2 Å². The number of thiophene rings is 1. The Morgan fingerprint density at radius 1 is 1.18 bits per heavy atom. The third-order valence-electron chi connectivity index (χ3n) is 2.77. The van der Waals surface area contributed by atoms with Crippen molar-refractivity contribution in [1.29, 1.82) is 0 Å². The largest absolute Gasteiger partial charge is 0.378 e. The zero-order valence-electron chi connectivity index (χ0n) is 10.3. The highest BCUT2D eigenvalue weighted by atomic mass is 79.9. The van der Waals surface area contributed by atoms with E-state index in [9.17, 15) is 0 Å². The van der Waals surface area contributed by atoms with Gasteiger partial charge in [-0.2, -0.15) is 0 Å².